The van der Waals surface area contributed by atoms with Gasteiger partial charge in [0, 0.05) is 36.8 Å². The van der Waals surface area contributed by atoms with Crippen LogP contribution in [0.25, 0.3) is 0 Å². The minimum Gasteiger partial charge on any atom is -0.353 e. The number of anilines is 1. The quantitative estimate of drug-likeness (QED) is 0.569. The summed E-state index contributed by atoms with van der Waals surface area (Å²) in [6, 6.07) is 1.33. The lowest BCUT2D eigenvalue weighted by molar-refractivity contribution is -0.135. The highest BCUT2D eigenvalue weighted by Gasteiger charge is 2.34. The second-order valence-corrected chi connectivity index (χ2v) is 6.38. The van der Waals surface area contributed by atoms with Crippen molar-refractivity contribution in [2.75, 3.05) is 30.0 Å². The Balaban J connectivity index is 1.80. The van der Waals surface area contributed by atoms with Crippen LogP contribution in [-0.2, 0) is 9.59 Å². The second-order valence-electron chi connectivity index (χ2n) is 5.38. The third-order valence-electron chi connectivity index (χ3n) is 3.57. The van der Waals surface area contributed by atoms with Crippen molar-refractivity contribution in [2.45, 2.75) is 26.3 Å². The molecule has 7 nitrogen and oxygen atoms in total. The summed E-state index contributed by atoms with van der Waals surface area (Å²) in [5.74, 6) is 1.54. The van der Waals surface area contributed by atoms with Crippen molar-refractivity contribution in [1.29, 1.82) is 0 Å². The summed E-state index contributed by atoms with van der Waals surface area (Å²) in [7, 11) is 0. The van der Waals surface area contributed by atoms with Gasteiger partial charge in [0.15, 0.2) is 0 Å². The Morgan fingerprint density at radius 3 is 2.83 bits per heavy atom. The van der Waals surface area contributed by atoms with Crippen LogP contribution in [0.4, 0.5) is 5.95 Å². The first-order chi connectivity index (χ1) is 11.6. The number of carbonyl (C=O) groups is 2. The number of nitrogens with one attached hydrogen (secondary N) is 2. The monoisotopic (exact) mass is 349 g/mol. The van der Waals surface area contributed by atoms with Crippen molar-refractivity contribution < 1.29 is 9.59 Å². The van der Waals surface area contributed by atoms with Crippen LogP contribution in [0.3, 0.4) is 0 Å². The molecule has 2 amide bonds. The van der Waals surface area contributed by atoms with Gasteiger partial charge < -0.3 is 15.5 Å². The highest BCUT2D eigenvalue weighted by molar-refractivity contribution is 7.99. The Kier molecular flexibility index (Phi) is 7.05. The number of thioether (sulfide) groups is 1. The topological polar surface area (TPSA) is 87.2 Å². The van der Waals surface area contributed by atoms with Crippen LogP contribution < -0.4 is 10.6 Å². The number of hydrogen-bond acceptors (Lipinski definition) is 6. The summed E-state index contributed by atoms with van der Waals surface area (Å²) in [6.07, 6.45) is 6.01. The Bertz CT molecular complexity index is 593. The molecule has 1 fully saturated rings. The van der Waals surface area contributed by atoms with E-state index >= 15 is 0 Å². The van der Waals surface area contributed by atoms with Crippen LogP contribution in [0.5, 0.6) is 0 Å². The first kappa shape index (κ1) is 18.3. The van der Waals surface area contributed by atoms with Gasteiger partial charge in [-0.2, -0.15) is 0 Å². The van der Waals surface area contributed by atoms with Crippen molar-refractivity contribution in [3.8, 4) is 0 Å². The molecule has 1 saturated heterocycles. The molecule has 1 aliphatic rings. The number of amides is 2. The predicted octanol–water partition coefficient (Wildman–Crippen LogP) is 1.26. The van der Waals surface area contributed by atoms with Gasteiger partial charge >= 0.3 is 0 Å². The van der Waals surface area contributed by atoms with Gasteiger partial charge in [-0.05, 0) is 19.4 Å². The van der Waals surface area contributed by atoms with Crippen molar-refractivity contribution in [1.82, 2.24) is 20.2 Å². The smallest absolute Gasteiger partial charge is 0.250 e. The van der Waals surface area contributed by atoms with E-state index in [-0.39, 0.29) is 11.8 Å². The molecule has 24 heavy (non-hydrogen) atoms. The average Bonchev–Trinajstić information content (AvgIpc) is 3.08. The molecule has 1 aliphatic heterocycles. The predicted molar refractivity (Wildman–Crippen MR) is 95.5 cm³/mol. The molecule has 0 radical (unpaired) electrons. The van der Waals surface area contributed by atoms with E-state index in [0.29, 0.717) is 36.2 Å². The van der Waals surface area contributed by atoms with E-state index in [9.17, 15) is 9.59 Å². The van der Waals surface area contributed by atoms with Crippen molar-refractivity contribution >= 4 is 29.5 Å². The van der Waals surface area contributed by atoms with E-state index in [1.165, 1.54) is 0 Å². The number of nitrogens with zero attached hydrogens (tertiary/aromatic N) is 3. The van der Waals surface area contributed by atoms with Crippen LogP contribution in [0.1, 0.15) is 20.3 Å². The molecule has 0 bridgehead atoms. The largest absolute Gasteiger partial charge is 0.353 e. The van der Waals surface area contributed by atoms with Crippen LogP contribution >= 0.6 is 11.8 Å². The maximum Gasteiger partial charge on any atom is 0.250 e. The lowest BCUT2D eigenvalue weighted by Gasteiger charge is -2.23. The van der Waals surface area contributed by atoms with Gasteiger partial charge in [-0.3, -0.25) is 9.59 Å². The Morgan fingerprint density at radius 1 is 1.38 bits per heavy atom. The van der Waals surface area contributed by atoms with Crippen molar-refractivity contribution in [3.05, 3.63) is 30.1 Å². The van der Waals surface area contributed by atoms with Gasteiger partial charge in [0.1, 0.15) is 6.04 Å². The molecule has 1 aromatic heterocycles. The first-order valence-corrected chi connectivity index (χ1v) is 9.13. The molecular weight excluding hydrogens is 326 g/mol. The number of aromatic nitrogens is 2. The Labute approximate surface area is 146 Å². The molecule has 0 spiro atoms. The SMILES string of the molecule is CC/C=C(\C)C(=O)N1CSC[C@@H]1C(=O)NCCNc1ncccn1. The zero-order chi connectivity index (χ0) is 17.4. The van der Waals surface area contributed by atoms with Crippen LogP contribution in [0.15, 0.2) is 30.1 Å². The minimum absolute atomic E-state index is 0.0576. The molecule has 2 rings (SSSR count). The standard InChI is InChI=1S/C16H23N5O2S/c1-3-5-12(2)15(23)21-11-24-10-13(21)14(22)17-8-9-20-16-18-6-4-7-19-16/h4-7,13H,3,8-11H2,1-2H3,(H,17,22)(H,18,19,20)/b12-5+/t13-/m1/s1. The summed E-state index contributed by atoms with van der Waals surface area (Å²) in [5, 5.41) is 5.89. The van der Waals surface area contributed by atoms with Crippen molar-refractivity contribution in [2.24, 2.45) is 0 Å². The molecule has 2 N–H and O–H groups in total. The third kappa shape index (κ3) is 4.95. The molecular formula is C16H23N5O2S. The third-order valence-corrected chi connectivity index (χ3v) is 4.58. The Morgan fingerprint density at radius 2 is 2.12 bits per heavy atom. The molecule has 0 unspecified atom stereocenters. The van der Waals surface area contributed by atoms with E-state index in [0.717, 1.165) is 6.42 Å². The van der Waals surface area contributed by atoms with Crippen molar-refractivity contribution in [3.63, 3.8) is 0 Å². The first-order valence-electron chi connectivity index (χ1n) is 7.97. The number of hydrogen-bond donors (Lipinski definition) is 2. The van der Waals surface area contributed by atoms with Gasteiger partial charge in [0.25, 0.3) is 5.91 Å². The lowest BCUT2D eigenvalue weighted by Crippen LogP contribution is -2.48. The fourth-order valence-electron chi connectivity index (χ4n) is 2.35. The zero-order valence-electron chi connectivity index (χ0n) is 14.0. The molecule has 0 aromatic carbocycles. The van der Waals surface area contributed by atoms with E-state index < -0.39 is 6.04 Å². The molecule has 1 atom stereocenters. The average molecular weight is 349 g/mol. The number of rotatable bonds is 7. The second kappa shape index (κ2) is 9.27. The molecule has 8 heteroatoms. The number of allylic oxidation sites excluding steroid dienone is 1. The summed E-state index contributed by atoms with van der Waals surface area (Å²) < 4.78 is 0. The van der Waals surface area contributed by atoms with Crippen LogP contribution in [0, 0.1) is 0 Å². The van der Waals surface area contributed by atoms with Gasteiger partial charge in [-0.15, -0.1) is 11.8 Å². The number of carbonyl (C=O) groups excluding carboxylic acids is 2. The maximum absolute atomic E-state index is 12.4. The molecule has 2 heterocycles. The normalized spacial score (nSPS) is 17.7. The van der Waals surface area contributed by atoms with E-state index in [4.69, 9.17) is 0 Å². The van der Waals surface area contributed by atoms with Crippen LogP contribution in [0.2, 0.25) is 0 Å². The summed E-state index contributed by atoms with van der Waals surface area (Å²) >= 11 is 1.60. The fourth-order valence-corrected chi connectivity index (χ4v) is 3.50. The molecule has 130 valence electrons. The summed E-state index contributed by atoms with van der Waals surface area (Å²) in [4.78, 5) is 34.5. The fraction of sp³-hybridized carbons (Fsp3) is 0.500. The van der Waals surface area contributed by atoms with E-state index in [1.54, 1.807) is 42.0 Å². The summed E-state index contributed by atoms with van der Waals surface area (Å²) in [6.45, 7) is 4.76. The van der Waals surface area contributed by atoms with E-state index in [1.807, 2.05) is 13.0 Å². The Hall–Kier alpha value is -2.09. The van der Waals surface area contributed by atoms with Gasteiger partial charge in [-0.1, -0.05) is 13.0 Å². The van der Waals surface area contributed by atoms with Crippen LogP contribution in [-0.4, -0.2) is 57.4 Å². The van der Waals surface area contributed by atoms with E-state index in [2.05, 4.69) is 20.6 Å². The lowest BCUT2D eigenvalue weighted by atomic mass is 10.2. The highest BCUT2D eigenvalue weighted by Crippen LogP contribution is 2.23. The minimum atomic E-state index is -0.407. The maximum atomic E-state index is 12.4. The van der Waals surface area contributed by atoms with Gasteiger partial charge in [-0.25, -0.2) is 9.97 Å². The molecule has 0 aliphatic carbocycles. The summed E-state index contributed by atoms with van der Waals surface area (Å²) in [5.41, 5.74) is 0.695. The zero-order valence-corrected chi connectivity index (χ0v) is 14.8. The molecule has 1 aromatic rings. The molecule has 0 saturated carbocycles. The van der Waals surface area contributed by atoms with Gasteiger partial charge in [0.2, 0.25) is 11.9 Å². The highest BCUT2D eigenvalue weighted by atomic mass is 32.2. The van der Waals surface area contributed by atoms with Gasteiger partial charge in [0.05, 0.1) is 5.88 Å².